The quantitative estimate of drug-likeness (QED) is 0.514. The van der Waals surface area contributed by atoms with Gasteiger partial charge in [0.1, 0.15) is 5.69 Å². The van der Waals surface area contributed by atoms with Gasteiger partial charge in [-0.1, -0.05) is 29.8 Å². The first-order valence-corrected chi connectivity index (χ1v) is 9.50. The van der Waals surface area contributed by atoms with Crippen molar-refractivity contribution in [2.24, 2.45) is 0 Å². The molecule has 0 bridgehead atoms. The zero-order valence-corrected chi connectivity index (χ0v) is 16.7. The number of aromatic amines is 1. The summed E-state index contributed by atoms with van der Waals surface area (Å²) in [6.45, 7) is 0. The summed E-state index contributed by atoms with van der Waals surface area (Å²) in [5, 5.41) is 14.7. The Bertz CT molecular complexity index is 1270. The summed E-state index contributed by atoms with van der Waals surface area (Å²) in [7, 11) is 0. The number of carbonyl (C=O) groups excluding carboxylic acids is 1. The molecule has 32 heavy (non-hydrogen) atoms. The number of carbonyl (C=O) groups is 2. The molecule has 1 aromatic heterocycles. The number of nitrogens with one attached hydrogen (secondary N) is 2. The zero-order valence-electron chi connectivity index (χ0n) is 16.0. The molecule has 9 nitrogen and oxygen atoms in total. The summed E-state index contributed by atoms with van der Waals surface area (Å²) in [5.74, 6) is -2.81. The number of benzene rings is 2. The van der Waals surface area contributed by atoms with Gasteiger partial charge >= 0.3 is 12.3 Å². The standard InChI is InChI=1S/C20H14ClF2N3O6/c21-10-3-1-4-11(7-10)26-16(27)8-14(25-26)19(30)24-13(9-17(28)29)12-5-2-6-15-18(12)32-20(22,23)31-15/h1-8,13,25H,9H2,(H,24,30)(H,28,29). The number of hydrogen-bond donors (Lipinski definition) is 3. The molecule has 0 saturated carbocycles. The summed E-state index contributed by atoms with van der Waals surface area (Å²) in [4.78, 5) is 36.4. The van der Waals surface area contributed by atoms with Crippen molar-refractivity contribution in [2.45, 2.75) is 18.8 Å². The Labute approximate surface area is 183 Å². The van der Waals surface area contributed by atoms with Crippen LogP contribution in [-0.4, -0.2) is 33.1 Å². The third kappa shape index (κ3) is 4.28. The zero-order chi connectivity index (χ0) is 23.0. The normalized spacial score (nSPS) is 14.7. The van der Waals surface area contributed by atoms with Crippen molar-refractivity contribution < 1.29 is 33.0 Å². The highest BCUT2D eigenvalue weighted by Gasteiger charge is 2.45. The van der Waals surface area contributed by atoms with Crippen LogP contribution in [-0.2, 0) is 4.79 Å². The van der Waals surface area contributed by atoms with Gasteiger partial charge in [0, 0.05) is 16.7 Å². The van der Waals surface area contributed by atoms with Crippen LogP contribution in [0.1, 0.15) is 28.5 Å². The van der Waals surface area contributed by atoms with E-state index in [1.165, 1.54) is 24.3 Å². The summed E-state index contributed by atoms with van der Waals surface area (Å²) >= 11 is 5.93. The van der Waals surface area contributed by atoms with E-state index in [2.05, 4.69) is 19.9 Å². The molecule has 0 aliphatic carbocycles. The molecule has 12 heteroatoms. The number of carboxylic acids is 1. The third-order valence-corrected chi connectivity index (χ3v) is 4.79. The molecule has 1 unspecified atom stereocenters. The van der Waals surface area contributed by atoms with E-state index in [-0.39, 0.29) is 22.8 Å². The topological polar surface area (TPSA) is 123 Å². The molecule has 3 N–H and O–H groups in total. The van der Waals surface area contributed by atoms with Gasteiger partial charge in [-0.3, -0.25) is 19.5 Å². The maximum atomic E-state index is 13.5. The number of halogens is 3. The first-order chi connectivity index (χ1) is 15.1. The average molecular weight is 466 g/mol. The SMILES string of the molecule is O=C(O)CC(NC(=O)c1cc(=O)n(-c2cccc(Cl)c2)[nH]1)c1cccc2c1OC(F)(F)O2. The molecule has 166 valence electrons. The molecule has 0 spiro atoms. The molecule has 1 aliphatic heterocycles. The van der Waals surface area contributed by atoms with Gasteiger partial charge in [-0.2, -0.15) is 0 Å². The lowest BCUT2D eigenvalue weighted by Gasteiger charge is -2.18. The van der Waals surface area contributed by atoms with E-state index < -0.39 is 36.2 Å². The van der Waals surface area contributed by atoms with Crippen LogP contribution in [0.5, 0.6) is 11.5 Å². The molecule has 4 rings (SSSR count). The predicted molar refractivity (Wildman–Crippen MR) is 107 cm³/mol. The van der Waals surface area contributed by atoms with Crippen LogP contribution in [0.15, 0.2) is 53.3 Å². The molecule has 1 aliphatic rings. The van der Waals surface area contributed by atoms with Crippen LogP contribution in [0.2, 0.25) is 5.02 Å². The van der Waals surface area contributed by atoms with E-state index in [4.69, 9.17) is 11.6 Å². The number of aromatic nitrogens is 2. The van der Waals surface area contributed by atoms with Gasteiger partial charge in [0.05, 0.1) is 18.2 Å². The van der Waals surface area contributed by atoms with E-state index in [1.54, 1.807) is 18.2 Å². The van der Waals surface area contributed by atoms with Gasteiger partial charge in [0.25, 0.3) is 11.5 Å². The Morgan fingerprint density at radius 1 is 1.19 bits per heavy atom. The first kappa shape index (κ1) is 21.4. The summed E-state index contributed by atoms with van der Waals surface area (Å²) in [6, 6.07) is 9.97. The van der Waals surface area contributed by atoms with Gasteiger partial charge in [0.15, 0.2) is 11.5 Å². The lowest BCUT2D eigenvalue weighted by Crippen LogP contribution is -2.31. The molecule has 2 heterocycles. The Balaban J connectivity index is 1.64. The number of alkyl halides is 2. The Morgan fingerprint density at radius 2 is 1.94 bits per heavy atom. The fourth-order valence-electron chi connectivity index (χ4n) is 3.23. The minimum absolute atomic E-state index is 0.0213. The minimum atomic E-state index is -3.92. The molecule has 3 aromatic rings. The van der Waals surface area contributed by atoms with Gasteiger partial charge in [-0.15, -0.1) is 8.78 Å². The monoisotopic (exact) mass is 465 g/mol. The predicted octanol–water partition coefficient (Wildman–Crippen LogP) is 3.09. The maximum absolute atomic E-state index is 13.5. The number of H-pyrrole nitrogens is 1. The number of fused-ring (bicyclic) bond motifs is 1. The molecule has 0 fully saturated rings. The molecule has 1 atom stereocenters. The second kappa shape index (κ2) is 8.00. The lowest BCUT2D eigenvalue weighted by atomic mass is 10.0. The highest BCUT2D eigenvalue weighted by Crippen LogP contribution is 2.45. The van der Waals surface area contributed by atoms with Crippen LogP contribution in [0.3, 0.4) is 0 Å². The van der Waals surface area contributed by atoms with Gasteiger partial charge in [-0.25, -0.2) is 4.68 Å². The van der Waals surface area contributed by atoms with Crippen molar-refractivity contribution in [3.63, 3.8) is 0 Å². The molecular formula is C20H14ClF2N3O6. The number of nitrogens with zero attached hydrogens (tertiary/aromatic N) is 1. The summed E-state index contributed by atoms with van der Waals surface area (Å²) in [5.41, 5.74) is -0.394. The summed E-state index contributed by atoms with van der Waals surface area (Å²) < 4.78 is 37.0. The third-order valence-electron chi connectivity index (χ3n) is 4.55. The smallest absolute Gasteiger partial charge is 0.481 e. The number of amides is 1. The second-order valence-corrected chi connectivity index (χ2v) is 7.23. The van der Waals surface area contributed by atoms with E-state index >= 15 is 0 Å². The highest BCUT2D eigenvalue weighted by molar-refractivity contribution is 6.30. The van der Waals surface area contributed by atoms with Crippen molar-refractivity contribution >= 4 is 23.5 Å². The van der Waals surface area contributed by atoms with Crippen LogP contribution < -0.4 is 20.3 Å². The van der Waals surface area contributed by atoms with Crippen molar-refractivity contribution in [3.8, 4) is 17.2 Å². The first-order valence-electron chi connectivity index (χ1n) is 9.12. The molecular weight excluding hydrogens is 452 g/mol. The fourth-order valence-corrected chi connectivity index (χ4v) is 3.42. The van der Waals surface area contributed by atoms with E-state index in [1.807, 2.05) is 0 Å². The van der Waals surface area contributed by atoms with Gasteiger partial charge in [0.2, 0.25) is 0 Å². The van der Waals surface area contributed by atoms with Gasteiger partial charge in [-0.05, 0) is 24.3 Å². The Hall–Kier alpha value is -3.86. The van der Waals surface area contributed by atoms with Crippen molar-refractivity contribution in [3.05, 3.63) is 75.2 Å². The second-order valence-electron chi connectivity index (χ2n) is 6.79. The Kier molecular flexibility index (Phi) is 5.35. The number of rotatable bonds is 6. The van der Waals surface area contributed by atoms with Crippen LogP contribution >= 0.6 is 11.6 Å². The Morgan fingerprint density at radius 3 is 2.66 bits per heavy atom. The van der Waals surface area contributed by atoms with Crippen molar-refractivity contribution in [2.75, 3.05) is 0 Å². The highest BCUT2D eigenvalue weighted by atomic mass is 35.5. The number of carboxylic acid groups (broad SMARTS) is 1. The van der Waals surface area contributed by atoms with Crippen LogP contribution in [0.4, 0.5) is 8.78 Å². The van der Waals surface area contributed by atoms with E-state index in [0.29, 0.717) is 10.7 Å². The molecule has 0 radical (unpaired) electrons. The maximum Gasteiger partial charge on any atom is 0.586 e. The van der Waals surface area contributed by atoms with Gasteiger partial charge < -0.3 is 19.9 Å². The number of para-hydroxylation sites is 1. The summed E-state index contributed by atoms with van der Waals surface area (Å²) in [6.07, 6.45) is -4.56. The molecule has 0 saturated heterocycles. The van der Waals surface area contributed by atoms with Crippen molar-refractivity contribution in [1.82, 2.24) is 15.1 Å². The van der Waals surface area contributed by atoms with E-state index in [0.717, 1.165) is 10.7 Å². The number of hydrogen-bond acceptors (Lipinski definition) is 5. The van der Waals surface area contributed by atoms with E-state index in [9.17, 15) is 28.3 Å². The lowest BCUT2D eigenvalue weighted by molar-refractivity contribution is -0.287. The number of aliphatic carboxylic acids is 1. The fraction of sp³-hybridized carbons (Fsp3) is 0.150. The number of ether oxygens (including phenoxy) is 2. The molecule has 2 aromatic carbocycles. The van der Waals surface area contributed by atoms with Crippen molar-refractivity contribution in [1.29, 1.82) is 0 Å². The average Bonchev–Trinajstić information content (AvgIpc) is 3.25. The molecule has 1 amide bonds. The van der Waals surface area contributed by atoms with Crippen LogP contribution in [0.25, 0.3) is 5.69 Å². The van der Waals surface area contributed by atoms with Crippen LogP contribution in [0, 0.1) is 0 Å². The minimum Gasteiger partial charge on any atom is -0.481 e. The largest absolute Gasteiger partial charge is 0.586 e.